The van der Waals surface area contributed by atoms with Crippen LogP contribution < -0.4 is 15.4 Å². The summed E-state index contributed by atoms with van der Waals surface area (Å²) in [6.07, 6.45) is 2.13. The van der Waals surface area contributed by atoms with Crippen LogP contribution >= 0.6 is 0 Å². The third-order valence-electron chi connectivity index (χ3n) is 3.42. The predicted octanol–water partition coefficient (Wildman–Crippen LogP) is 2.03. The van der Waals surface area contributed by atoms with E-state index in [-0.39, 0.29) is 0 Å². The highest BCUT2D eigenvalue weighted by atomic mass is 16.5. The molecule has 1 aliphatic rings. The molecule has 4 nitrogen and oxygen atoms in total. The zero-order valence-electron chi connectivity index (χ0n) is 11.7. The van der Waals surface area contributed by atoms with E-state index in [1.165, 1.54) is 5.69 Å². The number of hydrogen-bond donors (Lipinski definition) is 1. The van der Waals surface area contributed by atoms with Crippen LogP contribution in [0.4, 0.5) is 5.69 Å². The Hall–Kier alpha value is -1.26. The molecule has 1 aromatic rings. The van der Waals surface area contributed by atoms with Crippen LogP contribution in [0.15, 0.2) is 24.3 Å². The minimum absolute atomic E-state index is 0.363. The van der Waals surface area contributed by atoms with Crippen LogP contribution in [0.3, 0.4) is 0 Å². The molecular weight excluding hydrogens is 240 g/mol. The van der Waals surface area contributed by atoms with Crippen LogP contribution in [0.2, 0.25) is 0 Å². The van der Waals surface area contributed by atoms with E-state index in [1.807, 2.05) is 19.1 Å². The molecule has 0 aromatic heterocycles. The third kappa shape index (κ3) is 4.40. The van der Waals surface area contributed by atoms with Crippen molar-refractivity contribution in [1.82, 2.24) is 0 Å². The van der Waals surface area contributed by atoms with Crippen LogP contribution in [0.1, 0.15) is 19.8 Å². The summed E-state index contributed by atoms with van der Waals surface area (Å²) in [5.41, 5.74) is 7.16. The molecule has 106 valence electrons. The summed E-state index contributed by atoms with van der Waals surface area (Å²) in [4.78, 5) is 2.37. The number of piperidine rings is 1. The van der Waals surface area contributed by atoms with Crippen molar-refractivity contribution in [3.63, 3.8) is 0 Å². The van der Waals surface area contributed by atoms with Gasteiger partial charge in [-0.25, -0.2) is 0 Å². The summed E-state index contributed by atoms with van der Waals surface area (Å²) >= 11 is 0. The number of anilines is 1. The van der Waals surface area contributed by atoms with Crippen LogP contribution in [0.5, 0.6) is 5.75 Å². The van der Waals surface area contributed by atoms with Gasteiger partial charge in [-0.2, -0.15) is 0 Å². The van der Waals surface area contributed by atoms with Gasteiger partial charge in [-0.3, -0.25) is 0 Å². The Kier molecular flexibility index (Phi) is 5.48. The van der Waals surface area contributed by atoms with Crippen molar-refractivity contribution in [3.05, 3.63) is 24.3 Å². The van der Waals surface area contributed by atoms with Gasteiger partial charge in [0, 0.05) is 37.5 Å². The minimum atomic E-state index is 0.363. The van der Waals surface area contributed by atoms with Crippen molar-refractivity contribution in [2.45, 2.75) is 25.8 Å². The van der Waals surface area contributed by atoms with Gasteiger partial charge in [0.25, 0.3) is 0 Å². The number of ether oxygens (including phenoxy) is 2. The Morgan fingerprint density at radius 3 is 2.79 bits per heavy atom. The number of benzene rings is 1. The van der Waals surface area contributed by atoms with Crippen molar-refractivity contribution >= 4 is 5.69 Å². The molecule has 1 saturated heterocycles. The van der Waals surface area contributed by atoms with Gasteiger partial charge in [0.05, 0.1) is 6.61 Å². The van der Waals surface area contributed by atoms with Gasteiger partial charge in [-0.1, -0.05) is 6.07 Å². The molecular formula is C15H24N2O2. The van der Waals surface area contributed by atoms with E-state index in [4.69, 9.17) is 15.2 Å². The highest BCUT2D eigenvalue weighted by Gasteiger charge is 2.16. The second kappa shape index (κ2) is 7.36. The first-order chi connectivity index (χ1) is 9.29. The Balaban J connectivity index is 1.87. The van der Waals surface area contributed by atoms with Crippen LogP contribution in [0, 0.1) is 0 Å². The van der Waals surface area contributed by atoms with Crippen molar-refractivity contribution in [2.24, 2.45) is 5.73 Å². The predicted molar refractivity (Wildman–Crippen MR) is 77.9 cm³/mol. The maximum absolute atomic E-state index is 5.93. The summed E-state index contributed by atoms with van der Waals surface area (Å²) in [5.74, 6) is 0.909. The average molecular weight is 264 g/mol. The Labute approximate surface area is 115 Å². The molecule has 0 unspecified atom stereocenters. The minimum Gasteiger partial charge on any atom is -0.491 e. The summed E-state index contributed by atoms with van der Waals surface area (Å²) < 4.78 is 10.9. The molecule has 0 bridgehead atoms. The SMILES string of the molecule is CCOCCOc1cccc(N2CCC(N)CC2)c1. The topological polar surface area (TPSA) is 47.7 Å². The lowest BCUT2D eigenvalue weighted by molar-refractivity contribution is 0.110. The van der Waals surface area contributed by atoms with Crippen molar-refractivity contribution in [2.75, 3.05) is 37.8 Å². The van der Waals surface area contributed by atoms with E-state index in [0.29, 0.717) is 19.3 Å². The lowest BCUT2D eigenvalue weighted by Crippen LogP contribution is -2.39. The lowest BCUT2D eigenvalue weighted by Gasteiger charge is -2.32. The first kappa shape index (κ1) is 14.2. The van der Waals surface area contributed by atoms with E-state index in [2.05, 4.69) is 17.0 Å². The first-order valence-electron chi connectivity index (χ1n) is 7.10. The molecule has 1 aromatic carbocycles. The van der Waals surface area contributed by atoms with Gasteiger partial charge < -0.3 is 20.1 Å². The molecule has 2 rings (SSSR count). The highest BCUT2D eigenvalue weighted by molar-refractivity contribution is 5.51. The zero-order chi connectivity index (χ0) is 13.5. The summed E-state index contributed by atoms with van der Waals surface area (Å²) in [5, 5.41) is 0. The van der Waals surface area contributed by atoms with E-state index in [1.54, 1.807) is 0 Å². The van der Waals surface area contributed by atoms with E-state index < -0.39 is 0 Å². The maximum atomic E-state index is 5.93. The number of hydrogen-bond acceptors (Lipinski definition) is 4. The van der Waals surface area contributed by atoms with Crippen molar-refractivity contribution in [3.8, 4) is 5.75 Å². The Bertz CT molecular complexity index is 376. The van der Waals surface area contributed by atoms with Crippen molar-refractivity contribution < 1.29 is 9.47 Å². The molecule has 0 aliphatic carbocycles. The summed E-state index contributed by atoms with van der Waals surface area (Å²) in [6.45, 7) is 6.02. The number of rotatable bonds is 6. The first-order valence-corrected chi connectivity index (χ1v) is 7.10. The fourth-order valence-corrected chi connectivity index (χ4v) is 2.29. The van der Waals surface area contributed by atoms with Crippen molar-refractivity contribution in [1.29, 1.82) is 0 Å². The molecule has 1 aliphatic heterocycles. The molecule has 0 radical (unpaired) electrons. The molecule has 19 heavy (non-hydrogen) atoms. The van der Waals surface area contributed by atoms with Gasteiger partial charge in [-0.15, -0.1) is 0 Å². The molecule has 1 heterocycles. The largest absolute Gasteiger partial charge is 0.491 e. The lowest BCUT2D eigenvalue weighted by atomic mass is 10.1. The smallest absolute Gasteiger partial charge is 0.121 e. The van der Waals surface area contributed by atoms with Gasteiger partial charge >= 0.3 is 0 Å². The highest BCUT2D eigenvalue weighted by Crippen LogP contribution is 2.23. The van der Waals surface area contributed by atoms with Crippen LogP contribution in [-0.4, -0.2) is 39.0 Å². The quantitative estimate of drug-likeness (QED) is 0.799. The third-order valence-corrected chi connectivity index (χ3v) is 3.42. The standard InChI is InChI=1S/C15H24N2O2/c1-2-18-10-11-19-15-5-3-4-14(12-15)17-8-6-13(16)7-9-17/h3-5,12-13H,2,6-11,16H2,1H3. The molecule has 0 amide bonds. The zero-order valence-corrected chi connectivity index (χ0v) is 11.7. The van der Waals surface area contributed by atoms with Crippen LogP contribution in [0.25, 0.3) is 0 Å². The molecule has 1 fully saturated rings. The molecule has 4 heteroatoms. The van der Waals surface area contributed by atoms with Gasteiger partial charge in [-0.05, 0) is 31.9 Å². The molecule has 2 N–H and O–H groups in total. The van der Waals surface area contributed by atoms with Gasteiger partial charge in [0.15, 0.2) is 0 Å². The Morgan fingerprint density at radius 1 is 1.26 bits per heavy atom. The van der Waals surface area contributed by atoms with E-state index in [0.717, 1.165) is 38.3 Å². The van der Waals surface area contributed by atoms with Gasteiger partial charge in [0.1, 0.15) is 12.4 Å². The number of nitrogens with two attached hydrogens (primary N) is 1. The monoisotopic (exact) mass is 264 g/mol. The second-order valence-corrected chi connectivity index (χ2v) is 4.87. The average Bonchev–Trinajstić information content (AvgIpc) is 2.45. The fourth-order valence-electron chi connectivity index (χ4n) is 2.29. The number of nitrogens with zero attached hydrogens (tertiary/aromatic N) is 1. The fraction of sp³-hybridized carbons (Fsp3) is 0.600. The Morgan fingerprint density at radius 2 is 2.05 bits per heavy atom. The summed E-state index contributed by atoms with van der Waals surface area (Å²) in [6, 6.07) is 8.63. The molecule has 0 atom stereocenters. The van der Waals surface area contributed by atoms with Gasteiger partial charge in [0.2, 0.25) is 0 Å². The maximum Gasteiger partial charge on any atom is 0.121 e. The normalized spacial score (nSPS) is 16.6. The molecule has 0 spiro atoms. The van der Waals surface area contributed by atoms with Crippen LogP contribution in [-0.2, 0) is 4.74 Å². The summed E-state index contributed by atoms with van der Waals surface area (Å²) in [7, 11) is 0. The van der Waals surface area contributed by atoms with E-state index in [9.17, 15) is 0 Å². The molecule has 0 saturated carbocycles. The second-order valence-electron chi connectivity index (χ2n) is 4.87. The van der Waals surface area contributed by atoms with E-state index >= 15 is 0 Å².